The van der Waals surface area contributed by atoms with Gasteiger partial charge in [-0.25, -0.2) is 4.79 Å². The Hall–Kier alpha value is -2.42. The predicted octanol–water partition coefficient (Wildman–Crippen LogP) is 7.17. The first-order chi connectivity index (χ1) is 15.4. The fourth-order valence-corrected chi connectivity index (χ4v) is 4.56. The zero-order valence-electron chi connectivity index (χ0n) is 17.5. The molecule has 32 heavy (non-hydrogen) atoms. The molecule has 0 aliphatic carbocycles. The van der Waals surface area contributed by atoms with E-state index in [1.807, 2.05) is 54.8 Å². The predicted molar refractivity (Wildman–Crippen MR) is 136 cm³/mol. The minimum absolute atomic E-state index is 0.241. The van der Waals surface area contributed by atoms with Crippen molar-refractivity contribution in [3.8, 4) is 16.9 Å². The molecule has 0 atom stereocenters. The number of benzene rings is 2. The fourth-order valence-electron chi connectivity index (χ4n) is 2.95. The number of rotatable bonds is 8. The maximum Gasteiger partial charge on any atom is 0.341 e. The van der Waals surface area contributed by atoms with Crippen molar-refractivity contribution in [2.45, 2.75) is 13.8 Å². The molecule has 3 aromatic rings. The van der Waals surface area contributed by atoms with Crippen LogP contribution in [0.5, 0.6) is 5.75 Å². The van der Waals surface area contributed by atoms with Crippen molar-refractivity contribution >= 4 is 66.2 Å². The van der Waals surface area contributed by atoms with Crippen molar-refractivity contribution in [3.05, 3.63) is 74.0 Å². The Morgan fingerprint density at radius 2 is 1.75 bits per heavy atom. The van der Waals surface area contributed by atoms with E-state index in [1.165, 1.54) is 17.4 Å². The number of halogens is 2. The molecule has 2 aromatic carbocycles. The second-order valence-corrected chi connectivity index (χ2v) is 9.23. The Balaban J connectivity index is 1.87. The smallest absolute Gasteiger partial charge is 0.341 e. The number of hydrogen-bond acceptors (Lipinski definition) is 5. The van der Waals surface area contributed by atoms with E-state index < -0.39 is 5.97 Å². The molecule has 0 fully saturated rings. The monoisotopic (exact) mass is 577 g/mol. The minimum Gasteiger partial charge on any atom is -0.493 e. The van der Waals surface area contributed by atoms with Crippen LogP contribution in [0.1, 0.15) is 29.8 Å². The van der Waals surface area contributed by atoms with E-state index in [0.29, 0.717) is 28.5 Å². The van der Waals surface area contributed by atoms with Crippen LogP contribution in [0.3, 0.4) is 0 Å². The minimum atomic E-state index is -0.475. The van der Waals surface area contributed by atoms with Crippen LogP contribution in [0.25, 0.3) is 17.2 Å². The summed E-state index contributed by atoms with van der Waals surface area (Å²) in [5.41, 5.74) is 2.69. The van der Waals surface area contributed by atoms with Crippen molar-refractivity contribution in [2.24, 2.45) is 0 Å². The fraction of sp³-hybridized carbons (Fsp3) is 0.167. The van der Waals surface area contributed by atoms with Crippen LogP contribution in [0.4, 0.5) is 5.00 Å². The molecule has 0 aliphatic rings. The molecule has 5 nitrogen and oxygen atoms in total. The Bertz CT molecular complexity index is 1140. The number of hydrogen-bond donors (Lipinski definition) is 1. The van der Waals surface area contributed by atoms with E-state index in [2.05, 4.69) is 37.2 Å². The summed E-state index contributed by atoms with van der Waals surface area (Å²) in [5, 5.41) is 5.10. The third-order valence-corrected chi connectivity index (χ3v) is 6.27. The number of carbonyl (C=O) groups excluding carboxylic acids is 2. The molecule has 0 radical (unpaired) electrons. The van der Waals surface area contributed by atoms with Crippen LogP contribution in [0.15, 0.2) is 62.9 Å². The molecule has 8 heteroatoms. The van der Waals surface area contributed by atoms with Crippen LogP contribution >= 0.6 is 43.2 Å². The molecule has 3 rings (SSSR count). The lowest BCUT2D eigenvalue weighted by Gasteiger charge is -2.09. The Morgan fingerprint density at radius 1 is 1.03 bits per heavy atom. The topological polar surface area (TPSA) is 64.6 Å². The first-order valence-electron chi connectivity index (χ1n) is 9.88. The lowest BCUT2D eigenvalue weighted by atomic mass is 10.0. The van der Waals surface area contributed by atoms with Gasteiger partial charge in [0, 0.05) is 31.5 Å². The lowest BCUT2D eigenvalue weighted by molar-refractivity contribution is -0.111. The van der Waals surface area contributed by atoms with Crippen molar-refractivity contribution < 1.29 is 19.1 Å². The number of esters is 1. The molecule has 0 saturated carbocycles. The summed E-state index contributed by atoms with van der Waals surface area (Å²) in [4.78, 5) is 25.3. The molecule has 0 aliphatic heterocycles. The van der Waals surface area contributed by atoms with Crippen LogP contribution in [-0.4, -0.2) is 25.1 Å². The number of anilines is 1. The number of amides is 1. The van der Waals surface area contributed by atoms with Gasteiger partial charge in [0.15, 0.2) is 0 Å². The van der Waals surface area contributed by atoms with E-state index in [1.54, 1.807) is 13.0 Å². The summed E-state index contributed by atoms with van der Waals surface area (Å²) >= 11 is 8.14. The van der Waals surface area contributed by atoms with E-state index in [4.69, 9.17) is 9.47 Å². The van der Waals surface area contributed by atoms with Gasteiger partial charge >= 0.3 is 5.97 Å². The SMILES string of the molecule is CCOC(=O)c1c(-c2ccc(Br)cc2)csc1NC(=O)C=Cc1cc(Br)ccc1OCC. The average Bonchev–Trinajstić information content (AvgIpc) is 3.18. The largest absolute Gasteiger partial charge is 0.493 e. The van der Waals surface area contributed by atoms with E-state index in [9.17, 15) is 9.59 Å². The molecule has 1 aromatic heterocycles. The Morgan fingerprint density at radius 3 is 2.44 bits per heavy atom. The van der Waals surface area contributed by atoms with Gasteiger partial charge in [0.05, 0.1) is 13.2 Å². The Kier molecular flexibility index (Phi) is 8.67. The normalized spacial score (nSPS) is 10.9. The van der Waals surface area contributed by atoms with E-state index in [-0.39, 0.29) is 12.5 Å². The maximum atomic E-state index is 12.7. The average molecular weight is 579 g/mol. The van der Waals surface area contributed by atoms with Crippen molar-refractivity contribution in [1.82, 2.24) is 0 Å². The number of nitrogens with one attached hydrogen (secondary N) is 1. The summed E-state index contributed by atoms with van der Waals surface area (Å²) in [6.45, 7) is 4.41. The summed E-state index contributed by atoms with van der Waals surface area (Å²) in [7, 11) is 0. The highest BCUT2D eigenvalue weighted by Crippen LogP contribution is 2.36. The second-order valence-electron chi connectivity index (χ2n) is 6.52. The first kappa shape index (κ1) is 24.2. The van der Waals surface area contributed by atoms with Gasteiger partial charge in [-0.15, -0.1) is 11.3 Å². The zero-order valence-corrected chi connectivity index (χ0v) is 21.5. The van der Waals surface area contributed by atoms with Gasteiger partial charge in [-0.3, -0.25) is 4.79 Å². The first-order valence-corrected chi connectivity index (χ1v) is 12.4. The third kappa shape index (κ3) is 6.09. The summed E-state index contributed by atoms with van der Waals surface area (Å²) in [6.07, 6.45) is 3.09. The van der Waals surface area contributed by atoms with Gasteiger partial charge < -0.3 is 14.8 Å². The molecule has 166 valence electrons. The van der Waals surface area contributed by atoms with Gasteiger partial charge in [-0.2, -0.15) is 0 Å². The van der Waals surface area contributed by atoms with Gasteiger partial charge in [0.1, 0.15) is 16.3 Å². The number of carbonyl (C=O) groups is 2. The summed E-state index contributed by atoms with van der Waals surface area (Å²) in [5.74, 6) is -0.153. The van der Waals surface area contributed by atoms with E-state index >= 15 is 0 Å². The number of ether oxygens (including phenoxy) is 2. The highest BCUT2D eigenvalue weighted by Gasteiger charge is 2.22. The number of thiophene rings is 1. The molecular weight excluding hydrogens is 558 g/mol. The van der Waals surface area contributed by atoms with Gasteiger partial charge in [-0.1, -0.05) is 44.0 Å². The van der Waals surface area contributed by atoms with E-state index in [0.717, 1.165) is 20.1 Å². The lowest BCUT2D eigenvalue weighted by Crippen LogP contribution is -2.12. The van der Waals surface area contributed by atoms with Gasteiger partial charge in [-0.05, 0) is 55.8 Å². The summed E-state index contributed by atoms with van der Waals surface area (Å²) in [6, 6.07) is 13.2. The van der Waals surface area contributed by atoms with Crippen LogP contribution < -0.4 is 10.1 Å². The van der Waals surface area contributed by atoms with Gasteiger partial charge in [0.2, 0.25) is 5.91 Å². The molecular formula is C24H21Br2NO4S. The molecule has 1 heterocycles. The summed E-state index contributed by atoms with van der Waals surface area (Å²) < 4.78 is 12.7. The van der Waals surface area contributed by atoms with Crippen molar-refractivity contribution in [2.75, 3.05) is 18.5 Å². The standard InChI is InChI=1S/C24H21Br2NO4S/c1-3-30-20-11-10-18(26)13-16(20)7-12-21(28)27-23-22(24(29)31-4-2)19(14-32-23)15-5-8-17(25)9-6-15/h5-14H,3-4H2,1-2H3,(H,27,28). The third-order valence-electron chi connectivity index (χ3n) is 4.35. The van der Waals surface area contributed by atoms with Crippen LogP contribution in [0, 0.1) is 0 Å². The van der Waals surface area contributed by atoms with Crippen LogP contribution in [0.2, 0.25) is 0 Å². The van der Waals surface area contributed by atoms with Crippen molar-refractivity contribution in [3.63, 3.8) is 0 Å². The Labute approximate surface area is 207 Å². The highest BCUT2D eigenvalue weighted by atomic mass is 79.9. The maximum absolute atomic E-state index is 12.7. The molecule has 0 unspecified atom stereocenters. The van der Waals surface area contributed by atoms with Gasteiger partial charge in [0.25, 0.3) is 0 Å². The molecule has 0 spiro atoms. The molecule has 1 amide bonds. The highest BCUT2D eigenvalue weighted by molar-refractivity contribution is 9.10. The molecule has 1 N–H and O–H groups in total. The molecule has 0 saturated heterocycles. The molecule has 0 bridgehead atoms. The zero-order chi connectivity index (χ0) is 23.1. The van der Waals surface area contributed by atoms with Crippen LogP contribution in [-0.2, 0) is 9.53 Å². The van der Waals surface area contributed by atoms with Crippen molar-refractivity contribution in [1.29, 1.82) is 0 Å². The quantitative estimate of drug-likeness (QED) is 0.227. The second kappa shape index (κ2) is 11.4.